The van der Waals surface area contributed by atoms with Crippen LogP contribution in [-0.4, -0.2) is 43.2 Å². The van der Waals surface area contributed by atoms with Gasteiger partial charge in [-0.25, -0.2) is 13.1 Å². The van der Waals surface area contributed by atoms with E-state index in [0.717, 1.165) is 12.2 Å². The molecule has 5 nitrogen and oxygen atoms in total. The lowest BCUT2D eigenvalue weighted by Crippen LogP contribution is -2.25. The average Bonchev–Trinajstić information content (AvgIpc) is 2.77. The zero-order chi connectivity index (χ0) is 11.9. The molecule has 0 unspecified atom stereocenters. The summed E-state index contributed by atoms with van der Waals surface area (Å²) in [6, 6.07) is 1.52. The fourth-order valence-corrected chi connectivity index (χ4v) is 3.00. The van der Waals surface area contributed by atoms with E-state index in [1.54, 1.807) is 18.0 Å². The van der Waals surface area contributed by atoms with Gasteiger partial charge in [0.1, 0.15) is 0 Å². The summed E-state index contributed by atoms with van der Waals surface area (Å²) >= 11 is 1.62. The molecule has 0 amide bonds. The van der Waals surface area contributed by atoms with E-state index in [2.05, 4.69) is 9.71 Å². The number of thioether (sulfide) groups is 1. The topological polar surface area (TPSA) is 82.2 Å². The van der Waals surface area contributed by atoms with E-state index >= 15 is 0 Å². The second kappa shape index (κ2) is 6.95. The number of aliphatic hydroxyl groups excluding tert-OH is 1. The first-order valence-electron chi connectivity index (χ1n) is 4.98. The van der Waals surface area contributed by atoms with E-state index in [0.29, 0.717) is 12.3 Å². The largest absolute Gasteiger partial charge is 0.396 e. The van der Waals surface area contributed by atoms with E-state index in [1.165, 1.54) is 12.3 Å². The third-order valence-electron chi connectivity index (χ3n) is 1.86. The molecule has 0 aliphatic rings. The molecular formula is C9H16N2O3S2. The Morgan fingerprint density at radius 1 is 1.44 bits per heavy atom. The molecule has 0 saturated carbocycles. The van der Waals surface area contributed by atoms with Crippen molar-refractivity contribution in [1.82, 2.24) is 9.71 Å². The quantitative estimate of drug-likeness (QED) is 0.594. The second-order valence-electron chi connectivity index (χ2n) is 3.13. The zero-order valence-electron chi connectivity index (χ0n) is 8.85. The van der Waals surface area contributed by atoms with Crippen molar-refractivity contribution in [2.24, 2.45) is 0 Å². The first-order valence-corrected chi connectivity index (χ1v) is 7.61. The van der Waals surface area contributed by atoms with E-state index in [1.807, 2.05) is 0 Å². The highest BCUT2D eigenvalue weighted by Gasteiger charge is 2.12. The molecule has 0 spiro atoms. The molecule has 0 fully saturated rings. The van der Waals surface area contributed by atoms with Gasteiger partial charge < -0.3 is 10.1 Å². The maximum atomic E-state index is 11.6. The molecule has 0 aliphatic carbocycles. The first kappa shape index (κ1) is 13.6. The Balaban J connectivity index is 2.22. The van der Waals surface area contributed by atoms with Gasteiger partial charge in [0.15, 0.2) is 0 Å². The van der Waals surface area contributed by atoms with Crippen LogP contribution in [0.4, 0.5) is 0 Å². The minimum absolute atomic E-state index is 0.183. The van der Waals surface area contributed by atoms with Crippen molar-refractivity contribution in [2.45, 2.75) is 11.3 Å². The van der Waals surface area contributed by atoms with Crippen LogP contribution in [0.5, 0.6) is 0 Å². The molecule has 1 rings (SSSR count). The number of sulfonamides is 1. The fourth-order valence-electron chi connectivity index (χ4n) is 1.08. The molecule has 0 saturated heterocycles. The van der Waals surface area contributed by atoms with Crippen LogP contribution in [0.15, 0.2) is 23.4 Å². The predicted octanol–water partition coefficient (Wildman–Crippen LogP) is 0.409. The molecule has 1 heterocycles. The van der Waals surface area contributed by atoms with Crippen LogP contribution in [-0.2, 0) is 10.0 Å². The van der Waals surface area contributed by atoms with Gasteiger partial charge in [-0.15, -0.1) is 0 Å². The minimum atomic E-state index is -3.35. The average molecular weight is 264 g/mol. The van der Waals surface area contributed by atoms with Crippen LogP contribution in [0.2, 0.25) is 0 Å². The first-order chi connectivity index (χ1) is 7.67. The Morgan fingerprint density at radius 2 is 2.25 bits per heavy atom. The number of nitrogens with one attached hydrogen (secondary N) is 2. The molecule has 0 radical (unpaired) electrons. The van der Waals surface area contributed by atoms with Crippen molar-refractivity contribution < 1.29 is 13.5 Å². The summed E-state index contributed by atoms with van der Waals surface area (Å²) in [5.41, 5.74) is 0. The summed E-state index contributed by atoms with van der Waals surface area (Å²) in [5, 5.41) is 8.55. The van der Waals surface area contributed by atoms with Crippen LogP contribution < -0.4 is 4.72 Å². The summed E-state index contributed by atoms with van der Waals surface area (Å²) in [6.45, 7) is 0.589. The molecule has 0 aromatic carbocycles. The lowest BCUT2D eigenvalue weighted by Gasteiger charge is -2.04. The molecular weight excluding hydrogens is 248 g/mol. The maximum absolute atomic E-state index is 11.6. The lowest BCUT2D eigenvalue weighted by molar-refractivity contribution is 0.296. The number of aromatic amines is 1. The monoisotopic (exact) mass is 264 g/mol. The summed E-state index contributed by atoms with van der Waals surface area (Å²) in [4.78, 5) is 2.96. The van der Waals surface area contributed by atoms with Gasteiger partial charge in [0.05, 0.1) is 4.90 Å². The van der Waals surface area contributed by atoms with Crippen molar-refractivity contribution in [3.8, 4) is 0 Å². The van der Waals surface area contributed by atoms with Gasteiger partial charge in [0.2, 0.25) is 10.0 Å². The molecule has 92 valence electrons. The Bertz CT molecular complexity index is 375. The SMILES string of the molecule is O=S(=O)(NCCSCCCO)c1cc[nH]c1. The minimum Gasteiger partial charge on any atom is -0.396 e. The highest BCUT2D eigenvalue weighted by molar-refractivity contribution is 7.99. The molecule has 1 aromatic rings. The van der Waals surface area contributed by atoms with Crippen LogP contribution in [0.25, 0.3) is 0 Å². The molecule has 0 aliphatic heterocycles. The zero-order valence-corrected chi connectivity index (χ0v) is 10.5. The number of H-pyrrole nitrogens is 1. The number of aromatic nitrogens is 1. The smallest absolute Gasteiger partial charge is 0.242 e. The normalized spacial score (nSPS) is 11.8. The summed E-state index contributed by atoms with van der Waals surface area (Å²) in [7, 11) is -3.35. The van der Waals surface area contributed by atoms with Crippen LogP contribution >= 0.6 is 11.8 Å². The van der Waals surface area contributed by atoms with E-state index in [-0.39, 0.29) is 11.5 Å². The van der Waals surface area contributed by atoms with Gasteiger partial charge in [0.25, 0.3) is 0 Å². The van der Waals surface area contributed by atoms with Crippen molar-refractivity contribution >= 4 is 21.8 Å². The van der Waals surface area contributed by atoms with Gasteiger partial charge in [-0.1, -0.05) is 0 Å². The number of aliphatic hydroxyl groups is 1. The number of rotatable bonds is 8. The molecule has 3 N–H and O–H groups in total. The lowest BCUT2D eigenvalue weighted by atomic mass is 10.5. The Kier molecular flexibility index (Phi) is 5.89. The summed E-state index contributed by atoms with van der Waals surface area (Å²) in [5.74, 6) is 1.56. The summed E-state index contributed by atoms with van der Waals surface area (Å²) < 4.78 is 25.7. The van der Waals surface area contributed by atoms with Crippen LogP contribution in [0.3, 0.4) is 0 Å². The van der Waals surface area contributed by atoms with Crippen LogP contribution in [0, 0.1) is 0 Å². The number of hydrogen-bond donors (Lipinski definition) is 3. The summed E-state index contributed by atoms with van der Waals surface area (Å²) in [6.07, 6.45) is 3.76. The highest BCUT2D eigenvalue weighted by atomic mass is 32.2. The molecule has 16 heavy (non-hydrogen) atoms. The highest BCUT2D eigenvalue weighted by Crippen LogP contribution is 2.06. The molecule has 0 atom stereocenters. The predicted molar refractivity (Wildman–Crippen MR) is 65.0 cm³/mol. The van der Waals surface area contributed by atoms with E-state index in [9.17, 15) is 8.42 Å². The van der Waals surface area contributed by atoms with Crippen molar-refractivity contribution in [3.05, 3.63) is 18.5 Å². The second-order valence-corrected chi connectivity index (χ2v) is 6.13. The van der Waals surface area contributed by atoms with Gasteiger partial charge in [0, 0.05) is 31.3 Å². The van der Waals surface area contributed by atoms with Gasteiger partial charge >= 0.3 is 0 Å². The van der Waals surface area contributed by atoms with Gasteiger partial charge in [-0.3, -0.25) is 0 Å². The maximum Gasteiger partial charge on any atom is 0.242 e. The molecule has 1 aromatic heterocycles. The van der Waals surface area contributed by atoms with Gasteiger partial charge in [-0.05, 0) is 18.2 Å². The Labute approximate surface area is 99.7 Å². The standard InChI is InChI=1S/C9H16N2O3S2/c12-5-1-6-15-7-4-11-16(13,14)9-2-3-10-8-9/h2-3,8,10-12H,1,4-7H2. The van der Waals surface area contributed by atoms with E-state index in [4.69, 9.17) is 5.11 Å². The Morgan fingerprint density at radius 3 is 2.88 bits per heavy atom. The fraction of sp³-hybridized carbons (Fsp3) is 0.556. The van der Waals surface area contributed by atoms with Crippen molar-refractivity contribution in [2.75, 3.05) is 24.7 Å². The third kappa shape index (κ3) is 4.56. The number of hydrogen-bond acceptors (Lipinski definition) is 4. The van der Waals surface area contributed by atoms with Crippen molar-refractivity contribution in [3.63, 3.8) is 0 Å². The van der Waals surface area contributed by atoms with Crippen molar-refractivity contribution in [1.29, 1.82) is 0 Å². The van der Waals surface area contributed by atoms with E-state index < -0.39 is 10.0 Å². The third-order valence-corrected chi connectivity index (χ3v) is 4.39. The molecule has 0 bridgehead atoms. The van der Waals surface area contributed by atoms with Gasteiger partial charge in [-0.2, -0.15) is 11.8 Å². The Hall–Kier alpha value is -0.500. The van der Waals surface area contributed by atoms with Crippen LogP contribution in [0.1, 0.15) is 6.42 Å². The molecule has 7 heteroatoms.